The van der Waals surface area contributed by atoms with Crippen molar-refractivity contribution in [2.75, 3.05) is 0 Å². The van der Waals surface area contributed by atoms with Gasteiger partial charge in [-0.3, -0.25) is 0 Å². The van der Waals surface area contributed by atoms with E-state index in [1.807, 2.05) is 0 Å². The molecule has 0 bridgehead atoms. The Morgan fingerprint density at radius 1 is 1.86 bits per heavy atom. The first-order valence-electron chi connectivity index (χ1n) is 2.46. The van der Waals surface area contributed by atoms with Gasteiger partial charge < -0.3 is 0 Å². The summed E-state index contributed by atoms with van der Waals surface area (Å²) in [5.74, 6) is 0.514. The standard InChI is InChI=1S/C5H9BBr/c1-3-4(2)5(6)7/h4H,3H2,1-2H3. The van der Waals surface area contributed by atoms with Crippen LogP contribution in [-0.4, -0.2) is 11.9 Å². The fourth-order valence-corrected chi connectivity index (χ4v) is 0.519. The van der Waals surface area contributed by atoms with E-state index in [0.29, 0.717) is 5.92 Å². The van der Waals surface area contributed by atoms with Crippen molar-refractivity contribution in [3.8, 4) is 0 Å². The Labute approximate surface area is 54.5 Å². The molecule has 0 aliphatic carbocycles. The van der Waals surface area contributed by atoms with Crippen LogP contribution < -0.4 is 0 Å². The van der Waals surface area contributed by atoms with E-state index in [-0.39, 0.29) is 0 Å². The molecule has 0 fully saturated rings. The van der Waals surface area contributed by atoms with E-state index in [4.69, 9.17) is 7.49 Å². The van der Waals surface area contributed by atoms with Crippen LogP contribution in [0.3, 0.4) is 0 Å². The zero-order chi connectivity index (χ0) is 5.86. The van der Waals surface area contributed by atoms with E-state index >= 15 is 0 Å². The molecule has 0 saturated carbocycles. The molecule has 0 nitrogen and oxygen atoms in total. The van der Waals surface area contributed by atoms with Crippen LogP contribution in [0.25, 0.3) is 0 Å². The van der Waals surface area contributed by atoms with Gasteiger partial charge >= 0.3 is 54.0 Å². The van der Waals surface area contributed by atoms with Gasteiger partial charge in [-0.1, -0.05) is 0 Å². The second kappa shape index (κ2) is 3.42. The molecule has 0 N–H and O–H groups in total. The molecule has 1 unspecified atom stereocenters. The molecule has 0 amide bonds. The van der Waals surface area contributed by atoms with E-state index in [1.54, 1.807) is 0 Å². The number of halogens is 1. The molecule has 0 aliphatic rings. The predicted molar refractivity (Wildman–Crippen MR) is 39.1 cm³/mol. The van der Waals surface area contributed by atoms with Crippen LogP contribution in [0.1, 0.15) is 20.3 Å². The fourth-order valence-electron chi connectivity index (χ4n) is 0.195. The molecule has 39 valence electrons. The van der Waals surface area contributed by atoms with Crippen LogP contribution >= 0.6 is 15.9 Å². The summed E-state index contributed by atoms with van der Waals surface area (Å²) in [6.45, 7) is 4.20. The van der Waals surface area contributed by atoms with E-state index in [1.165, 1.54) is 0 Å². The second-order valence-corrected chi connectivity index (χ2v) is 2.61. The average Bonchev–Trinajstić information content (AvgIpc) is 1.65. The molecule has 0 aliphatic heterocycles. The quantitative estimate of drug-likeness (QED) is 0.539. The fraction of sp³-hybridized carbons (Fsp3) is 0.800. The normalized spacial score (nSPS) is 13.4. The summed E-state index contributed by atoms with van der Waals surface area (Å²) >= 11 is 3.19. The van der Waals surface area contributed by atoms with Gasteiger partial charge in [0, 0.05) is 0 Å². The molecule has 0 saturated heterocycles. The van der Waals surface area contributed by atoms with Crippen LogP contribution in [0.5, 0.6) is 0 Å². The van der Waals surface area contributed by atoms with Crippen molar-refractivity contribution in [1.82, 2.24) is 0 Å². The summed E-state index contributed by atoms with van der Waals surface area (Å²) < 4.78 is 0.856. The molecule has 0 heterocycles. The number of rotatable bonds is 2. The predicted octanol–water partition coefficient (Wildman–Crippen LogP) is 1.73. The van der Waals surface area contributed by atoms with Gasteiger partial charge in [0.15, 0.2) is 0 Å². The Balaban J connectivity index is 3.34. The summed E-state index contributed by atoms with van der Waals surface area (Å²) in [4.78, 5) is 0. The topological polar surface area (TPSA) is 0 Å². The molecule has 2 heteroatoms. The molecule has 0 spiro atoms. The number of hydrogen-bond donors (Lipinski definition) is 0. The summed E-state index contributed by atoms with van der Waals surface area (Å²) in [5, 5.41) is 0. The van der Waals surface area contributed by atoms with Crippen LogP contribution in [0, 0.1) is 5.92 Å². The van der Waals surface area contributed by atoms with Crippen molar-refractivity contribution in [2.24, 2.45) is 5.92 Å². The molecule has 0 aromatic rings. The Morgan fingerprint density at radius 3 is 2.29 bits per heavy atom. The van der Waals surface area contributed by atoms with Crippen LogP contribution in [0.15, 0.2) is 0 Å². The zero-order valence-corrected chi connectivity index (χ0v) is 6.33. The Morgan fingerprint density at radius 2 is 2.29 bits per heavy atom. The molecule has 0 aromatic carbocycles. The first kappa shape index (κ1) is 7.41. The van der Waals surface area contributed by atoms with E-state index in [9.17, 15) is 0 Å². The van der Waals surface area contributed by atoms with Gasteiger partial charge in [-0.2, -0.15) is 0 Å². The Bertz CT molecular complexity index is 70.5. The Hall–Kier alpha value is 0.415. The number of hydrogen-bond acceptors (Lipinski definition) is 0. The minimum absolute atomic E-state index is 0.514. The van der Waals surface area contributed by atoms with Crippen LogP contribution in [0.2, 0.25) is 0 Å². The SMILES string of the molecule is [B]=C(Br)C(C)CC. The van der Waals surface area contributed by atoms with Crippen LogP contribution in [0.4, 0.5) is 0 Å². The van der Waals surface area contributed by atoms with Gasteiger partial charge in [-0.05, 0) is 0 Å². The van der Waals surface area contributed by atoms with Gasteiger partial charge in [0.1, 0.15) is 0 Å². The van der Waals surface area contributed by atoms with Gasteiger partial charge in [-0.15, -0.1) is 0 Å². The van der Waals surface area contributed by atoms with E-state index < -0.39 is 0 Å². The third-order valence-electron chi connectivity index (χ3n) is 1.08. The van der Waals surface area contributed by atoms with Crippen molar-refractivity contribution >= 4 is 27.8 Å². The molecule has 1 radical (unpaired) electrons. The molecule has 1 atom stereocenters. The summed E-state index contributed by atoms with van der Waals surface area (Å²) in [6.07, 6.45) is 1.11. The van der Waals surface area contributed by atoms with Gasteiger partial charge in [0.2, 0.25) is 0 Å². The van der Waals surface area contributed by atoms with Gasteiger partial charge in [0.25, 0.3) is 0 Å². The van der Waals surface area contributed by atoms with Crippen molar-refractivity contribution in [3.63, 3.8) is 0 Å². The maximum atomic E-state index is 5.38. The third-order valence-corrected chi connectivity index (χ3v) is 1.86. The monoisotopic (exact) mass is 159 g/mol. The first-order chi connectivity index (χ1) is 3.18. The molecule has 0 aromatic heterocycles. The van der Waals surface area contributed by atoms with Crippen molar-refractivity contribution in [1.29, 1.82) is 0 Å². The van der Waals surface area contributed by atoms with Gasteiger partial charge in [0.05, 0.1) is 0 Å². The molecular weight excluding hydrogens is 151 g/mol. The van der Waals surface area contributed by atoms with Crippen molar-refractivity contribution in [2.45, 2.75) is 20.3 Å². The summed E-state index contributed by atoms with van der Waals surface area (Å²) in [5.41, 5.74) is 0. The maximum absolute atomic E-state index is 5.38. The van der Waals surface area contributed by atoms with E-state index in [0.717, 1.165) is 10.8 Å². The second-order valence-electron chi connectivity index (χ2n) is 1.69. The average molecular weight is 160 g/mol. The molecule has 0 rings (SSSR count). The summed E-state index contributed by atoms with van der Waals surface area (Å²) in [6, 6.07) is 0. The van der Waals surface area contributed by atoms with Crippen molar-refractivity contribution in [3.05, 3.63) is 0 Å². The van der Waals surface area contributed by atoms with Crippen molar-refractivity contribution < 1.29 is 0 Å². The molecular formula is C5H9BBr. The van der Waals surface area contributed by atoms with E-state index in [2.05, 4.69) is 29.8 Å². The van der Waals surface area contributed by atoms with Gasteiger partial charge in [-0.25, -0.2) is 0 Å². The minimum atomic E-state index is 0.514. The Kier molecular flexibility index (Phi) is 3.62. The van der Waals surface area contributed by atoms with Crippen LogP contribution in [-0.2, 0) is 0 Å². The zero-order valence-electron chi connectivity index (χ0n) is 4.74. The molecule has 7 heavy (non-hydrogen) atoms. The third kappa shape index (κ3) is 3.04. The first-order valence-corrected chi connectivity index (χ1v) is 3.25. The summed E-state index contributed by atoms with van der Waals surface area (Å²) in [7, 11) is 5.38.